The number of sulfonamides is 1. The van der Waals surface area contributed by atoms with E-state index in [0.717, 1.165) is 11.3 Å². The Morgan fingerprint density at radius 3 is 2.52 bits per heavy atom. The molecule has 0 aliphatic carbocycles. The van der Waals surface area contributed by atoms with Gasteiger partial charge in [0.15, 0.2) is 0 Å². The second kappa shape index (κ2) is 5.79. The Bertz CT molecular complexity index is 709. The number of benzene rings is 1. The monoisotopic (exact) mass is 338 g/mol. The van der Waals surface area contributed by atoms with Gasteiger partial charge in [-0.1, -0.05) is 18.2 Å². The smallest absolute Gasteiger partial charge is 0.414 e. The van der Waals surface area contributed by atoms with E-state index in [-0.39, 0.29) is 11.5 Å². The van der Waals surface area contributed by atoms with Crippen molar-refractivity contribution in [3.8, 4) is 0 Å². The normalized spacial score (nSPS) is 20.5. The van der Waals surface area contributed by atoms with Gasteiger partial charge in [-0.2, -0.15) is 0 Å². The summed E-state index contributed by atoms with van der Waals surface area (Å²) in [6.45, 7) is 3.67. The summed E-state index contributed by atoms with van der Waals surface area (Å²) in [5.41, 5.74) is 1.84. The Balaban J connectivity index is 1.89. The van der Waals surface area contributed by atoms with Crippen LogP contribution in [0.5, 0.6) is 0 Å². The van der Waals surface area contributed by atoms with Gasteiger partial charge in [0.1, 0.15) is 0 Å². The van der Waals surface area contributed by atoms with Crippen LogP contribution >= 0.6 is 0 Å². The zero-order chi connectivity index (χ0) is 16.7. The third-order valence-corrected chi connectivity index (χ3v) is 6.17. The molecule has 1 saturated heterocycles. The number of nitrogens with zero attached hydrogens (tertiary/aromatic N) is 2. The van der Waals surface area contributed by atoms with E-state index in [1.165, 1.54) is 10.6 Å². The molecular weight excluding hydrogens is 316 g/mol. The van der Waals surface area contributed by atoms with Gasteiger partial charge in [-0.05, 0) is 31.4 Å². The van der Waals surface area contributed by atoms with Crippen LogP contribution in [0, 0.1) is 0 Å². The molecule has 2 heterocycles. The molecule has 0 aromatic heterocycles. The minimum atomic E-state index is -3.16. The van der Waals surface area contributed by atoms with E-state index in [0.29, 0.717) is 39.1 Å². The predicted molar refractivity (Wildman–Crippen MR) is 88.1 cm³/mol. The van der Waals surface area contributed by atoms with Crippen molar-refractivity contribution in [2.75, 3.05) is 37.4 Å². The number of anilines is 1. The first-order chi connectivity index (χ1) is 10.9. The molecule has 2 aliphatic rings. The number of carbonyl (C=O) groups excluding carboxylic acids is 1. The first kappa shape index (κ1) is 16.3. The molecule has 7 heteroatoms. The quantitative estimate of drug-likeness (QED) is 0.827. The highest BCUT2D eigenvalue weighted by atomic mass is 32.2. The second-order valence-electron chi connectivity index (χ2n) is 6.24. The third kappa shape index (κ3) is 2.83. The Kier molecular flexibility index (Phi) is 4.10. The SMILES string of the molecule is CCOC(=O)N1CC2(CCN(S(C)(=O)=O)CC2)c2ccccc21. The average molecular weight is 338 g/mol. The molecule has 0 radical (unpaired) electrons. The van der Waals surface area contributed by atoms with E-state index < -0.39 is 10.0 Å². The molecular formula is C16H22N2O4S. The van der Waals surface area contributed by atoms with Crippen LogP contribution in [0.4, 0.5) is 10.5 Å². The standard InChI is InChI=1S/C16H22N2O4S/c1-3-22-15(19)18-12-16(13-6-4-5-7-14(13)18)8-10-17(11-9-16)23(2,20)21/h4-7H,3,8-12H2,1-2H3. The lowest BCUT2D eigenvalue weighted by atomic mass is 9.75. The summed E-state index contributed by atoms with van der Waals surface area (Å²) in [5, 5.41) is 0. The highest BCUT2D eigenvalue weighted by Gasteiger charge is 2.47. The summed E-state index contributed by atoms with van der Waals surface area (Å²) in [6, 6.07) is 7.86. The number of rotatable bonds is 2. The van der Waals surface area contributed by atoms with Gasteiger partial charge in [0, 0.05) is 25.0 Å². The fourth-order valence-corrected chi connectivity index (χ4v) is 4.51. The maximum Gasteiger partial charge on any atom is 0.414 e. The number of piperidine rings is 1. The number of carbonyl (C=O) groups is 1. The van der Waals surface area contributed by atoms with Gasteiger partial charge in [-0.25, -0.2) is 17.5 Å². The van der Waals surface area contributed by atoms with Gasteiger partial charge in [0.05, 0.1) is 18.6 Å². The van der Waals surface area contributed by atoms with Crippen molar-refractivity contribution in [3.05, 3.63) is 29.8 Å². The van der Waals surface area contributed by atoms with Crippen LogP contribution in [-0.4, -0.2) is 51.3 Å². The third-order valence-electron chi connectivity index (χ3n) is 4.86. The van der Waals surface area contributed by atoms with Gasteiger partial charge in [0.2, 0.25) is 10.0 Å². The van der Waals surface area contributed by atoms with Crippen molar-refractivity contribution in [3.63, 3.8) is 0 Å². The zero-order valence-corrected chi connectivity index (χ0v) is 14.3. The lowest BCUT2D eigenvalue weighted by molar-refractivity contribution is 0.157. The molecule has 1 fully saturated rings. The van der Waals surface area contributed by atoms with E-state index >= 15 is 0 Å². The molecule has 1 aromatic rings. The van der Waals surface area contributed by atoms with Gasteiger partial charge < -0.3 is 4.74 Å². The molecule has 0 N–H and O–H groups in total. The zero-order valence-electron chi connectivity index (χ0n) is 13.5. The molecule has 6 nitrogen and oxygen atoms in total. The van der Waals surface area contributed by atoms with Crippen molar-refractivity contribution in [1.82, 2.24) is 4.31 Å². The molecule has 0 bridgehead atoms. The lowest BCUT2D eigenvalue weighted by Crippen LogP contribution is -2.47. The summed E-state index contributed by atoms with van der Waals surface area (Å²) in [7, 11) is -3.16. The number of hydrogen-bond donors (Lipinski definition) is 0. The number of ether oxygens (including phenoxy) is 1. The first-order valence-electron chi connectivity index (χ1n) is 7.86. The summed E-state index contributed by atoms with van der Waals surface area (Å²) in [6.07, 6.45) is 2.35. The van der Waals surface area contributed by atoms with Gasteiger partial charge in [-0.15, -0.1) is 0 Å². The second-order valence-corrected chi connectivity index (χ2v) is 8.23. The van der Waals surface area contributed by atoms with Gasteiger partial charge in [0.25, 0.3) is 0 Å². The first-order valence-corrected chi connectivity index (χ1v) is 9.71. The number of hydrogen-bond acceptors (Lipinski definition) is 4. The highest BCUT2D eigenvalue weighted by Crippen LogP contribution is 2.47. The highest BCUT2D eigenvalue weighted by molar-refractivity contribution is 7.88. The maximum absolute atomic E-state index is 12.3. The summed E-state index contributed by atoms with van der Waals surface area (Å²) >= 11 is 0. The van der Waals surface area contributed by atoms with Crippen LogP contribution in [0.2, 0.25) is 0 Å². The van der Waals surface area contributed by atoms with Gasteiger partial charge >= 0.3 is 6.09 Å². The number of amides is 1. The van der Waals surface area contributed by atoms with E-state index in [2.05, 4.69) is 0 Å². The minimum Gasteiger partial charge on any atom is -0.449 e. The maximum atomic E-state index is 12.3. The molecule has 1 amide bonds. The largest absolute Gasteiger partial charge is 0.449 e. The average Bonchev–Trinajstić information content (AvgIpc) is 2.82. The predicted octanol–water partition coefficient (Wildman–Crippen LogP) is 1.96. The fourth-order valence-electron chi connectivity index (χ4n) is 3.67. The number of fused-ring (bicyclic) bond motifs is 2. The molecule has 23 heavy (non-hydrogen) atoms. The van der Waals surface area contributed by atoms with Crippen LogP contribution in [0.1, 0.15) is 25.3 Å². The summed E-state index contributed by atoms with van der Waals surface area (Å²) < 4.78 is 30.2. The van der Waals surface area contributed by atoms with E-state index in [4.69, 9.17) is 4.74 Å². The van der Waals surface area contributed by atoms with Crippen molar-refractivity contribution >= 4 is 21.8 Å². The Morgan fingerprint density at radius 2 is 1.91 bits per heavy atom. The van der Waals surface area contributed by atoms with Crippen LogP contribution in [0.3, 0.4) is 0 Å². The topological polar surface area (TPSA) is 66.9 Å². The van der Waals surface area contributed by atoms with Crippen molar-refractivity contribution < 1.29 is 17.9 Å². The molecule has 0 unspecified atom stereocenters. The van der Waals surface area contributed by atoms with Crippen LogP contribution < -0.4 is 4.90 Å². The Hall–Kier alpha value is -1.60. The summed E-state index contributed by atoms with van der Waals surface area (Å²) in [5.74, 6) is 0. The van der Waals surface area contributed by atoms with Crippen molar-refractivity contribution in [2.45, 2.75) is 25.2 Å². The van der Waals surface area contributed by atoms with Crippen LogP contribution in [0.25, 0.3) is 0 Å². The van der Waals surface area contributed by atoms with E-state index in [9.17, 15) is 13.2 Å². The number of para-hydroxylation sites is 1. The minimum absolute atomic E-state index is 0.176. The van der Waals surface area contributed by atoms with Crippen LogP contribution in [-0.2, 0) is 20.2 Å². The van der Waals surface area contributed by atoms with Crippen LogP contribution in [0.15, 0.2) is 24.3 Å². The van der Waals surface area contributed by atoms with Gasteiger partial charge in [-0.3, -0.25) is 4.90 Å². The van der Waals surface area contributed by atoms with E-state index in [1.807, 2.05) is 24.3 Å². The molecule has 1 aromatic carbocycles. The molecule has 3 rings (SSSR count). The molecule has 1 spiro atoms. The Labute approximate surface area is 137 Å². The van der Waals surface area contributed by atoms with Crippen molar-refractivity contribution in [2.24, 2.45) is 0 Å². The summed E-state index contributed by atoms with van der Waals surface area (Å²) in [4.78, 5) is 13.9. The lowest BCUT2D eigenvalue weighted by Gasteiger charge is -2.38. The van der Waals surface area contributed by atoms with E-state index in [1.54, 1.807) is 11.8 Å². The molecule has 2 aliphatic heterocycles. The molecule has 0 saturated carbocycles. The van der Waals surface area contributed by atoms with Crippen molar-refractivity contribution in [1.29, 1.82) is 0 Å². The Morgan fingerprint density at radius 1 is 1.26 bits per heavy atom. The molecule has 126 valence electrons. The molecule has 0 atom stereocenters. The fraction of sp³-hybridized carbons (Fsp3) is 0.562.